The number of ether oxygens (including phenoxy) is 6. The molecule has 0 saturated heterocycles. The maximum absolute atomic E-state index is 13.4. The van der Waals surface area contributed by atoms with Gasteiger partial charge in [0.2, 0.25) is 5.75 Å². The van der Waals surface area contributed by atoms with E-state index in [1.54, 1.807) is 20.8 Å². The van der Waals surface area contributed by atoms with Crippen molar-refractivity contribution < 1.29 is 47.2 Å². The highest BCUT2D eigenvalue weighted by atomic mass is 35.5. The fourth-order valence-corrected chi connectivity index (χ4v) is 5.59. The molecule has 0 fully saturated rings. The molecule has 0 bridgehead atoms. The third-order valence-electron chi connectivity index (χ3n) is 7.75. The van der Waals surface area contributed by atoms with Crippen LogP contribution in [0.25, 0.3) is 0 Å². The van der Waals surface area contributed by atoms with Gasteiger partial charge in [-0.1, -0.05) is 32.4 Å². The highest BCUT2D eigenvalue weighted by Crippen LogP contribution is 2.39. The van der Waals surface area contributed by atoms with Crippen molar-refractivity contribution in [2.75, 3.05) is 34.5 Å². The van der Waals surface area contributed by atoms with E-state index in [9.17, 15) is 14.4 Å². The summed E-state index contributed by atoms with van der Waals surface area (Å²) in [6, 6.07) is 5.77. The third kappa shape index (κ3) is 11.3. The summed E-state index contributed by atoms with van der Waals surface area (Å²) in [4.78, 5) is 38.3. The molecule has 262 valence electrons. The Hall–Kier alpha value is -3.48. The second-order valence-corrected chi connectivity index (χ2v) is 18.7. The van der Waals surface area contributed by atoms with Gasteiger partial charge in [-0.3, -0.25) is 4.79 Å². The van der Waals surface area contributed by atoms with Crippen LogP contribution in [-0.4, -0.2) is 72.4 Å². The van der Waals surface area contributed by atoms with E-state index in [1.807, 2.05) is 0 Å². The van der Waals surface area contributed by atoms with Gasteiger partial charge in [-0.2, -0.15) is 0 Å². The first-order valence-electron chi connectivity index (χ1n) is 15.4. The fourth-order valence-electron chi connectivity index (χ4n) is 4.22. The minimum absolute atomic E-state index is 0.0104. The summed E-state index contributed by atoms with van der Waals surface area (Å²) < 4.78 is 39.9. The number of carbonyl (C=O) groups is 3. The molecule has 2 N–H and O–H groups in total. The number of esters is 2. The number of halogens is 1. The normalized spacial score (nSPS) is 12.6. The topological polar surface area (TPSA) is 142 Å². The summed E-state index contributed by atoms with van der Waals surface area (Å²) in [6.45, 7) is 16.5. The lowest BCUT2D eigenvalue weighted by molar-refractivity contribution is 0.00682. The van der Waals surface area contributed by atoms with Crippen molar-refractivity contribution in [1.29, 1.82) is 0 Å². The molecule has 0 aliphatic carbocycles. The molecule has 11 nitrogen and oxygen atoms in total. The predicted molar refractivity (Wildman–Crippen MR) is 183 cm³/mol. The maximum Gasteiger partial charge on any atom is 0.338 e. The van der Waals surface area contributed by atoms with Gasteiger partial charge in [-0.15, -0.1) is 0 Å². The van der Waals surface area contributed by atoms with Crippen molar-refractivity contribution in [1.82, 2.24) is 0 Å². The monoisotopic (exact) mass is 695 g/mol. The Bertz CT molecular complexity index is 1390. The molecule has 47 heavy (non-hydrogen) atoms. The smallest absolute Gasteiger partial charge is 0.338 e. The molecule has 1 atom stereocenters. The van der Waals surface area contributed by atoms with Crippen LogP contribution in [0.15, 0.2) is 24.3 Å². The Kier molecular flexibility index (Phi) is 14.0. The number of methoxy groups -OCH3 is 3. The van der Waals surface area contributed by atoms with Crippen LogP contribution in [0.3, 0.4) is 0 Å². The van der Waals surface area contributed by atoms with Gasteiger partial charge in [0.1, 0.15) is 17.5 Å². The minimum Gasteiger partial charge on any atom is -0.493 e. The zero-order valence-electron chi connectivity index (χ0n) is 29.5. The van der Waals surface area contributed by atoms with E-state index in [2.05, 4.69) is 33.9 Å². The molecule has 2 rings (SSSR count). The van der Waals surface area contributed by atoms with Crippen molar-refractivity contribution in [3.8, 4) is 23.0 Å². The molecule has 13 heteroatoms. The van der Waals surface area contributed by atoms with E-state index >= 15 is 0 Å². The summed E-state index contributed by atoms with van der Waals surface area (Å²) in [6.07, 6.45) is 0.722. The van der Waals surface area contributed by atoms with E-state index < -0.39 is 37.9 Å². The Labute approximate surface area is 284 Å². The van der Waals surface area contributed by atoms with Crippen molar-refractivity contribution >= 4 is 37.8 Å². The molecule has 2 aromatic rings. The van der Waals surface area contributed by atoms with Crippen LogP contribution in [0.2, 0.25) is 23.2 Å². The lowest BCUT2D eigenvalue weighted by atomic mass is 10.1. The van der Waals surface area contributed by atoms with Gasteiger partial charge in [0.05, 0.1) is 49.6 Å². The standard InChI is InChI=1S/C34H50ClNO10Si/c1-33(2,3)46-32(39)21-17-24(35)28(30(36)37)25(18-21)43-15-12-13-23(14-16-44-47(10,11)34(4,5)6)45-31(38)22-19-26(40-7)29(42-9)27(20-22)41-8/h17-20,23H,12-16H2,1-11H3,(H2,36,37). The highest BCUT2D eigenvalue weighted by molar-refractivity contribution is 6.74. The zero-order valence-corrected chi connectivity index (χ0v) is 31.2. The molecule has 0 aromatic heterocycles. The summed E-state index contributed by atoms with van der Waals surface area (Å²) in [5, 5.41) is -0.0213. The predicted octanol–water partition coefficient (Wildman–Crippen LogP) is 7.22. The fraction of sp³-hybridized carbons (Fsp3) is 0.559. The molecular formula is C34H50ClNO10Si. The number of hydrogen-bond donors (Lipinski definition) is 1. The Balaban J connectivity index is 2.26. The Morgan fingerprint density at radius 2 is 1.36 bits per heavy atom. The first kappa shape index (κ1) is 39.7. The van der Waals surface area contributed by atoms with Crippen molar-refractivity contribution in [2.24, 2.45) is 5.73 Å². The average Bonchev–Trinajstić information content (AvgIpc) is 2.96. The molecule has 0 spiro atoms. The van der Waals surface area contributed by atoms with Crippen LogP contribution >= 0.6 is 11.6 Å². The van der Waals surface area contributed by atoms with Crippen LogP contribution in [0, 0.1) is 0 Å². The van der Waals surface area contributed by atoms with E-state index in [-0.39, 0.29) is 39.1 Å². The third-order valence-corrected chi connectivity index (χ3v) is 12.6. The molecule has 2 aromatic carbocycles. The number of amides is 1. The quantitative estimate of drug-likeness (QED) is 0.109. The van der Waals surface area contributed by atoms with Gasteiger partial charge < -0.3 is 38.6 Å². The zero-order chi connectivity index (χ0) is 35.7. The second-order valence-electron chi connectivity index (χ2n) is 13.5. The molecule has 1 amide bonds. The largest absolute Gasteiger partial charge is 0.493 e. The molecule has 0 saturated carbocycles. The van der Waals surface area contributed by atoms with Crippen LogP contribution in [-0.2, 0) is 13.9 Å². The van der Waals surface area contributed by atoms with Gasteiger partial charge in [-0.05, 0) is 76.0 Å². The second kappa shape index (κ2) is 16.6. The summed E-state index contributed by atoms with van der Waals surface area (Å²) in [5.41, 5.74) is 5.13. The number of hydrogen-bond acceptors (Lipinski definition) is 10. The van der Waals surface area contributed by atoms with Gasteiger partial charge in [0.25, 0.3) is 5.91 Å². The van der Waals surface area contributed by atoms with Crippen LogP contribution in [0.1, 0.15) is 91.9 Å². The first-order valence-corrected chi connectivity index (χ1v) is 18.7. The molecule has 0 heterocycles. The van der Waals surface area contributed by atoms with E-state index in [1.165, 1.54) is 45.6 Å². The Morgan fingerprint density at radius 1 is 0.809 bits per heavy atom. The van der Waals surface area contributed by atoms with E-state index in [0.29, 0.717) is 43.1 Å². The molecule has 0 radical (unpaired) electrons. The molecule has 1 unspecified atom stereocenters. The lowest BCUT2D eigenvalue weighted by Gasteiger charge is -2.36. The van der Waals surface area contributed by atoms with Crippen LogP contribution < -0.4 is 24.7 Å². The minimum atomic E-state index is -2.05. The maximum atomic E-state index is 13.4. The highest BCUT2D eigenvalue weighted by Gasteiger charge is 2.37. The van der Waals surface area contributed by atoms with Gasteiger partial charge in [0.15, 0.2) is 19.8 Å². The molecule has 0 aliphatic rings. The van der Waals surface area contributed by atoms with Crippen molar-refractivity contribution in [3.63, 3.8) is 0 Å². The van der Waals surface area contributed by atoms with Gasteiger partial charge >= 0.3 is 11.9 Å². The SMILES string of the molecule is COc1cc(C(=O)OC(CCCOc2cc(C(=O)OC(C)(C)C)cc(Cl)c2C(N)=O)CCO[Si](C)(C)C(C)(C)C)cc(OC)c1OC. The van der Waals surface area contributed by atoms with Crippen molar-refractivity contribution in [3.05, 3.63) is 46.0 Å². The first-order chi connectivity index (χ1) is 21.7. The molecular weight excluding hydrogens is 646 g/mol. The average molecular weight is 696 g/mol. The van der Waals surface area contributed by atoms with Crippen LogP contribution in [0.5, 0.6) is 23.0 Å². The number of primary amides is 1. The van der Waals surface area contributed by atoms with Gasteiger partial charge in [-0.25, -0.2) is 9.59 Å². The summed E-state index contributed by atoms with van der Waals surface area (Å²) in [5.74, 6) is -0.950. The number of carbonyl (C=O) groups excluding carboxylic acids is 3. The van der Waals surface area contributed by atoms with Crippen LogP contribution in [0.4, 0.5) is 0 Å². The Morgan fingerprint density at radius 3 is 1.85 bits per heavy atom. The number of nitrogens with two attached hydrogens (primary N) is 1. The van der Waals surface area contributed by atoms with Gasteiger partial charge in [0, 0.05) is 13.0 Å². The molecule has 0 aliphatic heterocycles. The number of benzene rings is 2. The van der Waals surface area contributed by atoms with E-state index in [4.69, 9.17) is 50.2 Å². The summed E-state index contributed by atoms with van der Waals surface area (Å²) >= 11 is 6.33. The van der Waals surface area contributed by atoms with E-state index in [0.717, 1.165) is 0 Å². The summed E-state index contributed by atoms with van der Waals surface area (Å²) in [7, 11) is 2.36. The lowest BCUT2D eigenvalue weighted by Crippen LogP contribution is -2.41. The number of rotatable bonds is 16. The van der Waals surface area contributed by atoms with Crippen molar-refractivity contribution in [2.45, 2.75) is 90.6 Å².